The van der Waals surface area contributed by atoms with Crippen LogP contribution in [0.2, 0.25) is 0 Å². The van der Waals surface area contributed by atoms with Crippen LogP contribution < -0.4 is 15.7 Å². The zero-order chi connectivity index (χ0) is 19.4. The topological polar surface area (TPSA) is 68.5 Å². The fraction of sp³-hybridized carbons (Fsp3) is 0.273. The first-order valence-corrected chi connectivity index (χ1v) is 8.95. The second kappa shape index (κ2) is 8.08. The van der Waals surface area contributed by atoms with Gasteiger partial charge >= 0.3 is 5.63 Å². The van der Waals surface area contributed by atoms with E-state index in [1.807, 2.05) is 51.1 Å². The molecule has 0 fully saturated rings. The van der Waals surface area contributed by atoms with E-state index >= 15 is 0 Å². The molecule has 3 rings (SSSR count). The predicted molar refractivity (Wildman–Crippen MR) is 105 cm³/mol. The molecule has 140 valence electrons. The molecule has 0 atom stereocenters. The average molecular weight is 365 g/mol. The lowest BCUT2D eigenvalue weighted by molar-refractivity contribution is -0.123. The van der Waals surface area contributed by atoms with Crippen molar-refractivity contribution >= 4 is 16.9 Å². The minimum Gasteiger partial charge on any atom is -0.484 e. The Morgan fingerprint density at radius 1 is 1.11 bits per heavy atom. The molecule has 1 amide bonds. The van der Waals surface area contributed by atoms with Gasteiger partial charge in [-0.2, -0.15) is 0 Å². The zero-order valence-corrected chi connectivity index (χ0v) is 15.7. The van der Waals surface area contributed by atoms with Crippen molar-refractivity contribution in [2.75, 3.05) is 6.61 Å². The van der Waals surface area contributed by atoms with Gasteiger partial charge in [0.25, 0.3) is 5.91 Å². The van der Waals surface area contributed by atoms with E-state index < -0.39 is 0 Å². The lowest BCUT2D eigenvalue weighted by Gasteiger charge is -2.11. The number of nitrogens with one attached hydrogen (secondary N) is 1. The van der Waals surface area contributed by atoms with Gasteiger partial charge in [-0.1, -0.05) is 43.7 Å². The molecule has 0 spiro atoms. The fourth-order valence-corrected chi connectivity index (χ4v) is 2.84. The largest absolute Gasteiger partial charge is 0.484 e. The lowest BCUT2D eigenvalue weighted by atomic mass is 10.00. The summed E-state index contributed by atoms with van der Waals surface area (Å²) in [6.45, 7) is 6.41. The van der Waals surface area contributed by atoms with Gasteiger partial charge in [-0.05, 0) is 36.1 Å². The van der Waals surface area contributed by atoms with E-state index in [1.165, 1.54) is 11.6 Å². The summed E-state index contributed by atoms with van der Waals surface area (Å²) in [5.74, 6) is 0.473. The first-order chi connectivity index (χ1) is 12.9. The van der Waals surface area contributed by atoms with Crippen LogP contribution in [0.25, 0.3) is 11.0 Å². The molecule has 1 heterocycles. The monoisotopic (exact) mass is 365 g/mol. The van der Waals surface area contributed by atoms with Crippen molar-refractivity contribution in [3.8, 4) is 5.75 Å². The van der Waals surface area contributed by atoms with Gasteiger partial charge in [0.05, 0.1) is 0 Å². The average Bonchev–Trinajstić information content (AvgIpc) is 2.64. The molecule has 27 heavy (non-hydrogen) atoms. The van der Waals surface area contributed by atoms with E-state index in [9.17, 15) is 9.59 Å². The Labute approximate surface area is 158 Å². The Kier molecular flexibility index (Phi) is 5.60. The molecular formula is C22H23NO4. The Balaban J connectivity index is 1.63. The smallest absolute Gasteiger partial charge is 0.336 e. The number of amides is 1. The molecular weight excluding hydrogens is 342 g/mol. The molecule has 0 saturated heterocycles. The van der Waals surface area contributed by atoms with Crippen LogP contribution in [0.1, 0.15) is 36.5 Å². The number of benzene rings is 2. The van der Waals surface area contributed by atoms with E-state index in [0.717, 1.165) is 16.5 Å². The summed E-state index contributed by atoms with van der Waals surface area (Å²) in [6, 6.07) is 14.8. The van der Waals surface area contributed by atoms with Gasteiger partial charge in [-0.25, -0.2) is 4.79 Å². The molecule has 0 aliphatic rings. The maximum Gasteiger partial charge on any atom is 0.336 e. The molecule has 0 saturated carbocycles. The van der Waals surface area contributed by atoms with Crippen molar-refractivity contribution in [3.05, 3.63) is 75.6 Å². The summed E-state index contributed by atoms with van der Waals surface area (Å²) in [4.78, 5) is 23.8. The molecule has 0 unspecified atom stereocenters. The van der Waals surface area contributed by atoms with Gasteiger partial charge in [0.1, 0.15) is 11.3 Å². The molecule has 0 bridgehead atoms. The van der Waals surface area contributed by atoms with Crippen molar-refractivity contribution in [2.45, 2.75) is 33.2 Å². The molecule has 3 aromatic rings. The molecule has 5 heteroatoms. The number of aryl methyl sites for hydroxylation is 1. The van der Waals surface area contributed by atoms with E-state index in [1.54, 1.807) is 12.1 Å². The van der Waals surface area contributed by atoms with Crippen LogP contribution in [0.5, 0.6) is 5.75 Å². The number of carbonyl (C=O) groups is 1. The molecule has 0 aliphatic carbocycles. The van der Waals surface area contributed by atoms with E-state index in [2.05, 4.69) is 5.32 Å². The molecule has 0 aliphatic heterocycles. The van der Waals surface area contributed by atoms with Crippen LogP contribution >= 0.6 is 0 Å². The fourth-order valence-electron chi connectivity index (χ4n) is 2.84. The van der Waals surface area contributed by atoms with Crippen LogP contribution in [0, 0.1) is 6.92 Å². The number of hydrogen-bond donors (Lipinski definition) is 1. The maximum atomic E-state index is 12.0. The highest BCUT2D eigenvalue weighted by Gasteiger charge is 2.10. The Hall–Kier alpha value is -3.08. The Bertz CT molecular complexity index is 1000. The summed E-state index contributed by atoms with van der Waals surface area (Å²) in [7, 11) is 0. The first kappa shape index (κ1) is 18.7. The number of carbonyl (C=O) groups excluding carboxylic acids is 1. The highest BCUT2D eigenvalue weighted by molar-refractivity contribution is 5.82. The van der Waals surface area contributed by atoms with Crippen molar-refractivity contribution in [1.82, 2.24) is 5.32 Å². The third-order valence-electron chi connectivity index (χ3n) is 4.35. The van der Waals surface area contributed by atoms with Gasteiger partial charge in [0.15, 0.2) is 6.61 Å². The summed E-state index contributed by atoms with van der Waals surface area (Å²) in [5, 5.41) is 3.70. The van der Waals surface area contributed by atoms with Crippen molar-refractivity contribution in [3.63, 3.8) is 0 Å². The molecule has 1 aromatic heterocycles. The van der Waals surface area contributed by atoms with Gasteiger partial charge in [0.2, 0.25) is 0 Å². The molecule has 2 aromatic carbocycles. The predicted octanol–water partition coefficient (Wildman–Crippen LogP) is 3.92. The second-order valence-electron chi connectivity index (χ2n) is 6.88. The number of rotatable bonds is 6. The minimum atomic E-state index is -0.390. The van der Waals surface area contributed by atoms with Gasteiger partial charge in [0, 0.05) is 24.1 Å². The van der Waals surface area contributed by atoms with E-state index in [4.69, 9.17) is 9.15 Å². The van der Waals surface area contributed by atoms with Gasteiger partial charge < -0.3 is 14.5 Å². The minimum absolute atomic E-state index is 0.106. The van der Waals surface area contributed by atoms with Crippen molar-refractivity contribution < 1.29 is 13.9 Å². The van der Waals surface area contributed by atoms with Crippen molar-refractivity contribution in [1.29, 1.82) is 0 Å². The van der Waals surface area contributed by atoms with Crippen LogP contribution in [0.15, 0.2) is 57.7 Å². The maximum absolute atomic E-state index is 12.0. The summed E-state index contributed by atoms with van der Waals surface area (Å²) in [5.41, 5.74) is 3.21. The summed E-state index contributed by atoms with van der Waals surface area (Å²) < 4.78 is 10.8. The third kappa shape index (κ3) is 4.76. The first-order valence-electron chi connectivity index (χ1n) is 8.95. The van der Waals surface area contributed by atoms with E-state index in [0.29, 0.717) is 17.9 Å². The lowest BCUT2D eigenvalue weighted by Crippen LogP contribution is -2.28. The van der Waals surface area contributed by atoms with Crippen LogP contribution in [-0.2, 0) is 11.3 Å². The molecule has 0 radical (unpaired) electrons. The summed E-state index contributed by atoms with van der Waals surface area (Å²) in [6.07, 6.45) is 0. The zero-order valence-electron chi connectivity index (χ0n) is 15.7. The molecule has 1 N–H and O–H groups in total. The quantitative estimate of drug-likeness (QED) is 0.672. The van der Waals surface area contributed by atoms with E-state index in [-0.39, 0.29) is 24.1 Å². The summed E-state index contributed by atoms with van der Waals surface area (Å²) >= 11 is 0. The number of fused-ring (bicyclic) bond motifs is 1. The Morgan fingerprint density at radius 2 is 1.85 bits per heavy atom. The van der Waals surface area contributed by atoms with Crippen molar-refractivity contribution in [2.24, 2.45) is 0 Å². The standard InChI is InChI=1S/C22H23NO4/c1-14(2)19-11-22(25)27-20-10-17(8-9-18(19)20)26-13-21(24)23-12-16-6-4-15(3)5-7-16/h4-11,14H,12-13H2,1-3H3,(H,23,24). The number of ether oxygens (including phenoxy) is 1. The normalized spacial score (nSPS) is 11.0. The highest BCUT2D eigenvalue weighted by Crippen LogP contribution is 2.26. The second-order valence-corrected chi connectivity index (χ2v) is 6.88. The third-order valence-corrected chi connectivity index (χ3v) is 4.35. The van der Waals surface area contributed by atoms with Gasteiger partial charge in [-0.15, -0.1) is 0 Å². The van der Waals surface area contributed by atoms with Crippen LogP contribution in [0.3, 0.4) is 0 Å². The van der Waals surface area contributed by atoms with Crippen LogP contribution in [0.4, 0.5) is 0 Å². The van der Waals surface area contributed by atoms with Gasteiger partial charge in [-0.3, -0.25) is 4.79 Å². The Morgan fingerprint density at radius 3 is 2.56 bits per heavy atom. The number of hydrogen-bond acceptors (Lipinski definition) is 4. The van der Waals surface area contributed by atoms with Crippen LogP contribution in [-0.4, -0.2) is 12.5 Å². The highest BCUT2D eigenvalue weighted by atomic mass is 16.5. The molecule has 5 nitrogen and oxygen atoms in total. The SMILES string of the molecule is Cc1ccc(CNC(=O)COc2ccc3c(C(C)C)cc(=O)oc3c2)cc1.